The molecule has 0 heterocycles. The highest BCUT2D eigenvalue weighted by atomic mass is 35.5. The number of halogens is 3. The van der Waals surface area contributed by atoms with Crippen molar-refractivity contribution in [3.05, 3.63) is 33.8 Å². The Balaban J connectivity index is 0.00000289. The van der Waals surface area contributed by atoms with Crippen LogP contribution in [0.3, 0.4) is 0 Å². The molecule has 0 aliphatic carbocycles. The molecule has 0 spiro atoms. The molecule has 18 heavy (non-hydrogen) atoms. The van der Waals surface area contributed by atoms with E-state index in [4.69, 9.17) is 28.9 Å². The predicted octanol–water partition coefficient (Wildman–Crippen LogP) is 1.91. The molecule has 1 rings (SSSR count). The number of hydrogen-bond acceptors (Lipinski definition) is 3. The number of carbonyl (C=O) groups is 1. The third-order valence-electron chi connectivity index (χ3n) is 2.15. The van der Waals surface area contributed by atoms with Gasteiger partial charge in [0.1, 0.15) is 0 Å². The molecule has 0 fully saturated rings. The molecule has 4 nitrogen and oxygen atoms in total. The van der Waals surface area contributed by atoms with E-state index in [9.17, 15) is 9.90 Å². The van der Waals surface area contributed by atoms with Crippen LogP contribution < -0.4 is 11.1 Å². The lowest BCUT2D eigenvalue weighted by molar-refractivity contribution is -0.122. The van der Waals surface area contributed by atoms with Crippen molar-refractivity contribution >= 4 is 41.5 Å². The first-order valence-electron chi connectivity index (χ1n) is 5.07. The maximum atomic E-state index is 11.2. The topological polar surface area (TPSA) is 75.4 Å². The molecule has 0 aromatic heterocycles. The largest absolute Gasteiger partial charge is 0.387 e. The molecule has 7 heteroatoms. The van der Waals surface area contributed by atoms with Gasteiger partial charge >= 0.3 is 0 Å². The fourth-order valence-corrected chi connectivity index (χ4v) is 1.79. The minimum atomic E-state index is -0.867. The van der Waals surface area contributed by atoms with Crippen LogP contribution in [0.15, 0.2) is 18.2 Å². The summed E-state index contributed by atoms with van der Waals surface area (Å²) < 4.78 is 0. The van der Waals surface area contributed by atoms with Crippen molar-refractivity contribution in [1.82, 2.24) is 5.32 Å². The molecule has 1 amide bonds. The van der Waals surface area contributed by atoms with Crippen molar-refractivity contribution in [1.29, 1.82) is 0 Å². The van der Waals surface area contributed by atoms with Crippen LogP contribution in [0.25, 0.3) is 0 Å². The summed E-state index contributed by atoms with van der Waals surface area (Å²) in [5.41, 5.74) is 5.92. The van der Waals surface area contributed by atoms with E-state index in [1.807, 2.05) is 0 Å². The summed E-state index contributed by atoms with van der Waals surface area (Å²) in [5, 5.41) is 13.2. The van der Waals surface area contributed by atoms with E-state index in [1.54, 1.807) is 25.1 Å². The summed E-state index contributed by atoms with van der Waals surface area (Å²) in [4.78, 5) is 11.2. The number of amides is 1. The lowest BCUT2D eigenvalue weighted by atomic mass is 10.1. The number of rotatable bonds is 4. The number of hydrogen-bond donors (Lipinski definition) is 3. The van der Waals surface area contributed by atoms with Gasteiger partial charge in [0, 0.05) is 16.6 Å². The molecule has 1 unspecified atom stereocenters. The van der Waals surface area contributed by atoms with Gasteiger partial charge in [0.15, 0.2) is 0 Å². The average molecular weight is 314 g/mol. The zero-order chi connectivity index (χ0) is 13.0. The van der Waals surface area contributed by atoms with Gasteiger partial charge in [-0.2, -0.15) is 0 Å². The third kappa shape index (κ3) is 5.42. The second kappa shape index (κ2) is 7.81. The number of aliphatic hydroxyl groups excluding tert-OH is 1. The maximum absolute atomic E-state index is 11.2. The summed E-state index contributed by atoms with van der Waals surface area (Å²) >= 11 is 11.6. The Bertz CT molecular complexity index is 393. The Labute approximate surface area is 122 Å². The number of carbonyl (C=O) groups excluding carboxylic acids is 1. The zero-order valence-electron chi connectivity index (χ0n) is 9.69. The van der Waals surface area contributed by atoms with Crippen LogP contribution in [0, 0.1) is 0 Å². The van der Waals surface area contributed by atoms with Crippen molar-refractivity contribution in [3.63, 3.8) is 0 Å². The van der Waals surface area contributed by atoms with Gasteiger partial charge in [-0.1, -0.05) is 23.2 Å². The number of benzene rings is 1. The molecular formula is C11H15Cl3N2O2. The van der Waals surface area contributed by atoms with Crippen molar-refractivity contribution < 1.29 is 9.90 Å². The van der Waals surface area contributed by atoms with Crippen molar-refractivity contribution in [2.24, 2.45) is 5.73 Å². The Hall–Kier alpha value is -0.520. The minimum Gasteiger partial charge on any atom is -0.387 e. The first-order chi connectivity index (χ1) is 7.90. The lowest BCUT2D eigenvalue weighted by Gasteiger charge is -2.14. The molecule has 0 saturated heterocycles. The molecular weight excluding hydrogens is 298 g/mol. The molecule has 4 N–H and O–H groups in total. The number of nitrogens with one attached hydrogen (secondary N) is 1. The summed E-state index contributed by atoms with van der Waals surface area (Å²) in [7, 11) is 0. The third-order valence-corrected chi connectivity index (χ3v) is 2.59. The molecule has 0 saturated carbocycles. The molecule has 0 bridgehead atoms. The molecule has 2 atom stereocenters. The standard InChI is InChI=1S/C11H14Cl2N2O2.ClH/c1-6(14)11(17)15-5-10(16)7-2-8(12)4-9(13)3-7;/h2-4,6,10,16H,5,14H2,1H3,(H,15,17);1H/t6-,10?;/m1./s1. The maximum Gasteiger partial charge on any atom is 0.236 e. The molecule has 0 radical (unpaired) electrons. The highest BCUT2D eigenvalue weighted by Crippen LogP contribution is 2.23. The highest BCUT2D eigenvalue weighted by Gasteiger charge is 2.12. The first kappa shape index (κ1) is 17.5. The average Bonchev–Trinajstić information content (AvgIpc) is 2.23. The van der Waals surface area contributed by atoms with Gasteiger partial charge < -0.3 is 16.2 Å². The van der Waals surface area contributed by atoms with Crippen LogP contribution >= 0.6 is 35.6 Å². The number of aliphatic hydroxyl groups is 1. The summed E-state index contributed by atoms with van der Waals surface area (Å²) in [5.74, 6) is -0.322. The Morgan fingerprint density at radius 2 is 1.89 bits per heavy atom. The highest BCUT2D eigenvalue weighted by molar-refractivity contribution is 6.34. The van der Waals surface area contributed by atoms with Crippen LogP contribution in [0.1, 0.15) is 18.6 Å². The predicted molar refractivity (Wildman–Crippen MR) is 75.3 cm³/mol. The lowest BCUT2D eigenvalue weighted by Crippen LogP contribution is -2.40. The summed E-state index contributed by atoms with van der Waals surface area (Å²) in [6, 6.07) is 4.15. The zero-order valence-corrected chi connectivity index (χ0v) is 12.0. The van der Waals surface area contributed by atoms with E-state index < -0.39 is 12.1 Å². The van der Waals surface area contributed by atoms with Crippen LogP contribution in [-0.2, 0) is 4.79 Å². The normalized spacial score (nSPS) is 13.4. The van der Waals surface area contributed by atoms with E-state index in [1.165, 1.54) is 0 Å². The van der Waals surface area contributed by atoms with E-state index in [-0.39, 0.29) is 24.9 Å². The number of nitrogens with two attached hydrogens (primary N) is 1. The van der Waals surface area contributed by atoms with E-state index in [0.29, 0.717) is 15.6 Å². The van der Waals surface area contributed by atoms with Crippen LogP contribution in [0.5, 0.6) is 0 Å². The molecule has 1 aromatic carbocycles. The van der Waals surface area contributed by atoms with Crippen LogP contribution in [0.2, 0.25) is 10.0 Å². The van der Waals surface area contributed by atoms with Crippen LogP contribution in [-0.4, -0.2) is 23.6 Å². The second-order valence-electron chi connectivity index (χ2n) is 3.75. The Morgan fingerprint density at radius 3 is 2.33 bits per heavy atom. The fourth-order valence-electron chi connectivity index (χ4n) is 1.24. The van der Waals surface area contributed by atoms with Gasteiger partial charge in [0.25, 0.3) is 0 Å². The van der Waals surface area contributed by atoms with E-state index in [0.717, 1.165) is 0 Å². The van der Waals surface area contributed by atoms with Crippen molar-refractivity contribution in [3.8, 4) is 0 Å². The monoisotopic (exact) mass is 312 g/mol. The van der Waals surface area contributed by atoms with Crippen LogP contribution in [0.4, 0.5) is 0 Å². The van der Waals surface area contributed by atoms with Gasteiger partial charge in [0.2, 0.25) is 5.91 Å². The SMILES string of the molecule is C[C@@H](N)C(=O)NCC(O)c1cc(Cl)cc(Cl)c1.Cl. The fraction of sp³-hybridized carbons (Fsp3) is 0.364. The summed E-state index contributed by atoms with van der Waals surface area (Å²) in [6.45, 7) is 1.63. The smallest absolute Gasteiger partial charge is 0.236 e. The van der Waals surface area contributed by atoms with Crippen molar-refractivity contribution in [2.75, 3.05) is 6.54 Å². The van der Waals surface area contributed by atoms with Gasteiger partial charge in [-0.05, 0) is 30.7 Å². The molecule has 1 aromatic rings. The molecule has 0 aliphatic rings. The Morgan fingerprint density at radius 1 is 1.39 bits per heavy atom. The quantitative estimate of drug-likeness (QED) is 0.795. The molecule has 102 valence electrons. The van der Waals surface area contributed by atoms with E-state index >= 15 is 0 Å². The van der Waals surface area contributed by atoms with Gasteiger partial charge in [-0.25, -0.2) is 0 Å². The minimum absolute atomic E-state index is 0. The van der Waals surface area contributed by atoms with Crippen molar-refractivity contribution in [2.45, 2.75) is 19.1 Å². The van der Waals surface area contributed by atoms with Gasteiger partial charge in [-0.3, -0.25) is 4.79 Å². The van der Waals surface area contributed by atoms with E-state index in [2.05, 4.69) is 5.32 Å². The summed E-state index contributed by atoms with van der Waals surface area (Å²) in [6.07, 6.45) is -0.867. The van der Waals surface area contributed by atoms with Gasteiger partial charge in [0.05, 0.1) is 12.1 Å². The first-order valence-corrected chi connectivity index (χ1v) is 5.83. The van der Waals surface area contributed by atoms with Gasteiger partial charge in [-0.15, -0.1) is 12.4 Å². The Kier molecular flexibility index (Phi) is 7.59. The molecule has 0 aliphatic heterocycles. The second-order valence-corrected chi connectivity index (χ2v) is 4.63.